The third-order valence-corrected chi connectivity index (χ3v) is 4.38. The molecule has 2 nitrogen and oxygen atoms in total. The molecule has 94 valence electrons. The molecule has 18 heavy (non-hydrogen) atoms. The van der Waals surface area contributed by atoms with Crippen LogP contribution in [-0.2, 0) is 0 Å². The van der Waals surface area contributed by atoms with Crippen molar-refractivity contribution in [2.24, 2.45) is 0 Å². The highest BCUT2D eigenvalue weighted by Crippen LogP contribution is 2.32. The van der Waals surface area contributed by atoms with Gasteiger partial charge in [-0.25, -0.2) is 0 Å². The lowest BCUT2D eigenvalue weighted by Gasteiger charge is -2.19. The van der Waals surface area contributed by atoms with E-state index in [4.69, 9.17) is 0 Å². The van der Waals surface area contributed by atoms with E-state index in [1.54, 1.807) is 0 Å². The van der Waals surface area contributed by atoms with Crippen molar-refractivity contribution in [1.82, 2.24) is 0 Å². The van der Waals surface area contributed by atoms with Gasteiger partial charge in [-0.1, -0.05) is 40.2 Å². The lowest BCUT2D eigenvalue weighted by atomic mass is 10.1. The molecule has 0 unspecified atom stereocenters. The minimum Gasteiger partial charge on any atom is -0.391 e. The number of hydrogen-bond donors (Lipinski definition) is 2. The van der Waals surface area contributed by atoms with E-state index in [2.05, 4.69) is 45.5 Å². The summed E-state index contributed by atoms with van der Waals surface area (Å²) < 4.78 is 1.11. The van der Waals surface area contributed by atoms with Crippen molar-refractivity contribution in [3.8, 4) is 0 Å². The second-order valence-electron chi connectivity index (χ2n) is 4.89. The van der Waals surface area contributed by atoms with Crippen LogP contribution in [0.3, 0.4) is 0 Å². The van der Waals surface area contributed by atoms with Crippen LogP contribution in [0.1, 0.15) is 19.3 Å². The maximum Gasteiger partial charge on any atom is 0.0741 e. The summed E-state index contributed by atoms with van der Waals surface area (Å²) in [7, 11) is 0. The van der Waals surface area contributed by atoms with Crippen LogP contribution in [0.4, 0.5) is 5.69 Å². The van der Waals surface area contributed by atoms with E-state index in [0.29, 0.717) is 0 Å². The monoisotopic (exact) mass is 305 g/mol. The first kappa shape index (κ1) is 12.0. The van der Waals surface area contributed by atoms with E-state index in [1.165, 1.54) is 10.8 Å². The minimum atomic E-state index is -0.215. The van der Waals surface area contributed by atoms with Crippen LogP contribution < -0.4 is 5.32 Å². The Morgan fingerprint density at radius 1 is 1.06 bits per heavy atom. The summed E-state index contributed by atoms with van der Waals surface area (Å²) in [6, 6.07) is 12.6. The van der Waals surface area contributed by atoms with Crippen molar-refractivity contribution in [1.29, 1.82) is 0 Å². The molecule has 3 heteroatoms. The predicted octanol–water partition coefficient (Wildman–Crippen LogP) is 3.93. The second kappa shape index (κ2) is 4.90. The van der Waals surface area contributed by atoms with E-state index in [0.717, 1.165) is 29.4 Å². The van der Waals surface area contributed by atoms with Gasteiger partial charge in [0.2, 0.25) is 0 Å². The molecule has 1 aliphatic carbocycles. The first-order valence-electron chi connectivity index (χ1n) is 6.37. The molecular formula is C15H16BrNO. The largest absolute Gasteiger partial charge is 0.391 e. The van der Waals surface area contributed by atoms with Crippen molar-refractivity contribution < 1.29 is 5.11 Å². The molecule has 1 aliphatic rings. The lowest BCUT2D eigenvalue weighted by Crippen LogP contribution is -2.27. The van der Waals surface area contributed by atoms with Crippen LogP contribution in [0.2, 0.25) is 0 Å². The quantitative estimate of drug-likeness (QED) is 0.881. The number of halogens is 1. The number of fused-ring (bicyclic) bond motifs is 1. The zero-order valence-corrected chi connectivity index (χ0v) is 11.7. The van der Waals surface area contributed by atoms with Gasteiger partial charge in [0, 0.05) is 15.5 Å². The van der Waals surface area contributed by atoms with Gasteiger partial charge in [0.1, 0.15) is 0 Å². The van der Waals surface area contributed by atoms with Gasteiger partial charge in [0.15, 0.2) is 0 Å². The van der Waals surface area contributed by atoms with Gasteiger partial charge in [-0.2, -0.15) is 0 Å². The Hall–Kier alpha value is -1.06. The van der Waals surface area contributed by atoms with Gasteiger partial charge >= 0.3 is 0 Å². The summed E-state index contributed by atoms with van der Waals surface area (Å²) in [6.07, 6.45) is 2.85. The molecule has 1 saturated carbocycles. The molecule has 2 aromatic carbocycles. The third-order valence-electron chi connectivity index (χ3n) is 3.69. The topological polar surface area (TPSA) is 32.3 Å². The van der Waals surface area contributed by atoms with E-state index < -0.39 is 0 Å². The maximum absolute atomic E-state index is 9.91. The Balaban J connectivity index is 1.99. The zero-order valence-electron chi connectivity index (χ0n) is 10.1. The number of hydrogen-bond acceptors (Lipinski definition) is 2. The summed E-state index contributed by atoms with van der Waals surface area (Å²) in [5, 5.41) is 15.8. The summed E-state index contributed by atoms with van der Waals surface area (Å²) in [4.78, 5) is 0. The van der Waals surface area contributed by atoms with Crippen molar-refractivity contribution in [2.75, 3.05) is 5.32 Å². The molecule has 0 amide bonds. The average Bonchev–Trinajstić information content (AvgIpc) is 2.79. The highest BCUT2D eigenvalue weighted by molar-refractivity contribution is 9.10. The smallest absolute Gasteiger partial charge is 0.0741 e. The first-order chi connectivity index (χ1) is 8.75. The molecule has 1 fully saturated rings. The van der Waals surface area contributed by atoms with E-state index in [1.807, 2.05) is 12.1 Å². The molecule has 0 spiro atoms. The van der Waals surface area contributed by atoms with Crippen molar-refractivity contribution in [2.45, 2.75) is 31.4 Å². The predicted molar refractivity (Wildman–Crippen MR) is 78.9 cm³/mol. The fourth-order valence-corrected chi connectivity index (χ4v) is 3.17. The zero-order chi connectivity index (χ0) is 12.5. The van der Waals surface area contributed by atoms with Gasteiger partial charge in [0.05, 0.1) is 12.1 Å². The van der Waals surface area contributed by atoms with Crippen LogP contribution in [0.15, 0.2) is 40.9 Å². The summed E-state index contributed by atoms with van der Waals surface area (Å²) >= 11 is 3.58. The fourth-order valence-electron chi connectivity index (χ4n) is 2.70. The Morgan fingerprint density at radius 3 is 2.56 bits per heavy atom. The van der Waals surface area contributed by atoms with E-state index in [-0.39, 0.29) is 12.1 Å². The highest BCUT2D eigenvalue weighted by Gasteiger charge is 2.25. The second-order valence-corrected chi connectivity index (χ2v) is 5.74. The molecule has 3 rings (SSSR count). The summed E-state index contributed by atoms with van der Waals surface area (Å²) in [5.41, 5.74) is 1.11. The Labute approximate surface area is 115 Å². The normalized spacial score (nSPS) is 23.4. The van der Waals surface area contributed by atoms with Crippen LogP contribution in [-0.4, -0.2) is 17.3 Å². The summed E-state index contributed by atoms with van der Waals surface area (Å²) in [5.74, 6) is 0. The Kier molecular flexibility index (Phi) is 3.27. The van der Waals surface area contributed by atoms with Crippen LogP contribution in [0.5, 0.6) is 0 Å². The lowest BCUT2D eigenvalue weighted by molar-refractivity contribution is 0.172. The number of aliphatic hydroxyl groups is 1. The van der Waals surface area contributed by atoms with Crippen molar-refractivity contribution >= 4 is 32.4 Å². The van der Waals surface area contributed by atoms with Crippen molar-refractivity contribution in [3.63, 3.8) is 0 Å². The maximum atomic E-state index is 9.91. The van der Waals surface area contributed by atoms with Gasteiger partial charge in [-0.05, 0) is 36.8 Å². The standard InChI is InChI=1S/C15H16BrNO/c16-12-8-9-13(11-5-2-1-4-10(11)12)17-14-6-3-7-15(14)18/h1-2,4-5,8-9,14-15,17-18H,3,6-7H2/t14-,15-/m1/s1. The fraction of sp³-hybridized carbons (Fsp3) is 0.333. The SMILES string of the molecule is O[C@@H]1CCC[C@H]1Nc1ccc(Br)c2ccccc12. The molecule has 2 N–H and O–H groups in total. The molecule has 0 radical (unpaired) electrons. The van der Waals surface area contributed by atoms with Gasteiger partial charge in [-0.3, -0.25) is 0 Å². The molecule has 0 heterocycles. The molecule has 2 atom stereocenters. The van der Waals surface area contributed by atoms with Gasteiger partial charge in [0.25, 0.3) is 0 Å². The van der Waals surface area contributed by atoms with Gasteiger partial charge < -0.3 is 10.4 Å². The third kappa shape index (κ3) is 2.13. The van der Waals surface area contributed by atoms with Crippen LogP contribution in [0.25, 0.3) is 10.8 Å². The number of anilines is 1. The number of rotatable bonds is 2. The van der Waals surface area contributed by atoms with E-state index in [9.17, 15) is 5.11 Å². The molecule has 0 aromatic heterocycles. The van der Waals surface area contributed by atoms with Crippen LogP contribution >= 0.6 is 15.9 Å². The van der Waals surface area contributed by atoms with E-state index >= 15 is 0 Å². The summed E-state index contributed by atoms with van der Waals surface area (Å²) in [6.45, 7) is 0. The average molecular weight is 306 g/mol. The van der Waals surface area contributed by atoms with Crippen molar-refractivity contribution in [3.05, 3.63) is 40.9 Å². The number of benzene rings is 2. The molecular weight excluding hydrogens is 290 g/mol. The highest BCUT2D eigenvalue weighted by atomic mass is 79.9. The molecule has 2 aromatic rings. The molecule has 0 saturated heterocycles. The minimum absolute atomic E-state index is 0.189. The van der Waals surface area contributed by atoms with Crippen LogP contribution in [0, 0.1) is 0 Å². The number of nitrogens with one attached hydrogen (secondary N) is 1. The molecule has 0 bridgehead atoms. The Bertz CT molecular complexity index is 569. The first-order valence-corrected chi connectivity index (χ1v) is 7.17. The Morgan fingerprint density at radius 2 is 1.83 bits per heavy atom. The number of aliphatic hydroxyl groups excluding tert-OH is 1. The molecule has 0 aliphatic heterocycles. The van der Waals surface area contributed by atoms with Gasteiger partial charge in [-0.15, -0.1) is 0 Å².